The molecule has 1 aromatic rings. The number of halogens is 2. The van der Waals surface area contributed by atoms with Crippen molar-refractivity contribution >= 4 is 36.2 Å². The molecule has 2 nitrogen and oxygen atoms in total. The highest BCUT2D eigenvalue weighted by molar-refractivity contribution is 7.11. The first-order valence-corrected chi connectivity index (χ1v) is 4.24. The summed E-state index contributed by atoms with van der Waals surface area (Å²) in [5.74, 6) is 0. The van der Waals surface area contributed by atoms with Crippen LogP contribution in [0.1, 0.15) is 22.5 Å². The second-order valence-corrected chi connectivity index (χ2v) is 3.34. The van der Waals surface area contributed by atoms with Gasteiger partial charge < -0.3 is 5.73 Å². The Balaban J connectivity index is 0. The van der Waals surface area contributed by atoms with Crippen molar-refractivity contribution in [2.24, 2.45) is 5.73 Å². The van der Waals surface area contributed by atoms with Crippen LogP contribution in [0.15, 0.2) is 0 Å². The number of rotatable bonds is 2. The Morgan fingerprint density at radius 3 is 2.25 bits per heavy atom. The van der Waals surface area contributed by atoms with Crippen LogP contribution in [0, 0.1) is 6.92 Å². The molecule has 0 spiro atoms. The molecule has 0 saturated carbocycles. The average Bonchev–Trinajstić information content (AvgIpc) is 2.30. The smallest absolute Gasteiger partial charge is 0.0928 e. The summed E-state index contributed by atoms with van der Waals surface area (Å²) < 4.78 is 0. The molecule has 1 heterocycles. The van der Waals surface area contributed by atoms with Crippen molar-refractivity contribution in [1.29, 1.82) is 0 Å². The fourth-order valence-corrected chi connectivity index (χ4v) is 1.72. The number of hydrogen-bond acceptors (Lipinski definition) is 3. The van der Waals surface area contributed by atoms with E-state index in [0.717, 1.165) is 12.1 Å². The van der Waals surface area contributed by atoms with Gasteiger partial charge in [-0.2, -0.15) is 0 Å². The van der Waals surface area contributed by atoms with Gasteiger partial charge in [0.25, 0.3) is 0 Å². The lowest BCUT2D eigenvalue weighted by atomic mass is 10.4. The lowest BCUT2D eigenvalue weighted by Gasteiger charge is -1.86. The summed E-state index contributed by atoms with van der Waals surface area (Å²) in [4.78, 5) is 5.56. The second-order valence-electron chi connectivity index (χ2n) is 2.17. The quantitative estimate of drug-likeness (QED) is 0.845. The van der Waals surface area contributed by atoms with E-state index in [-0.39, 0.29) is 24.8 Å². The van der Waals surface area contributed by atoms with Crippen molar-refractivity contribution in [1.82, 2.24) is 4.98 Å². The van der Waals surface area contributed by atoms with E-state index >= 15 is 0 Å². The predicted octanol–water partition coefficient (Wildman–Crippen LogP) is 2.32. The van der Waals surface area contributed by atoms with Gasteiger partial charge in [-0.25, -0.2) is 4.98 Å². The molecule has 12 heavy (non-hydrogen) atoms. The molecular weight excluding hydrogens is 215 g/mol. The molecule has 0 amide bonds. The first-order valence-electron chi connectivity index (χ1n) is 3.43. The molecule has 0 atom stereocenters. The van der Waals surface area contributed by atoms with Crippen molar-refractivity contribution in [3.63, 3.8) is 0 Å². The van der Waals surface area contributed by atoms with Gasteiger partial charge in [0.05, 0.1) is 10.7 Å². The number of hydrogen-bond donors (Lipinski definition) is 1. The Morgan fingerprint density at radius 2 is 2.00 bits per heavy atom. The first kappa shape index (κ1) is 14.7. The van der Waals surface area contributed by atoms with E-state index in [2.05, 4.69) is 11.9 Å². The van der Waals surface area contributed by atoms with Crippen LogP contribution in [0.5, 0.6) is 0 Å². The van der Waals surface area contributed by atoms with E-state index in [1.165, 1.54) is 9.88 Å². The highest BCUT2D eigenvalue weighted by Gasteiger charge is 2.02. The lowest BCUT2D eigenvalue weighted by molar-refractivity contribution is 1.03. The van der Waals surface area contributed by atoms with Crippen molar-refractivity contribution in [3.8, 4) is 0 Å². The summed E-state index contributed by atoms with van der Waals surface area (Å²) in [7, 11) is 0. The molecule has 0 saturated heterocycles. The summed E-state index contributed by atoms with van der Waals surface area (Å²) in [6, 6.07) is 0. The molecular formula is C7H14Cl2N2S. The Bertz CT molecular complexity index is 225. The van der Waals surface area contributed by atoms with Crippen molar-refractivity contribution < 1.29 is 0 Å². The maximum absolute atomic E-state index is 5.49. The number of aromatic nitrogens is 1. The SMILES string of the molecule is CCc1nc(C)c(CN)s1.Cl.Cl. The monoisotopic (exact) mass is 228 g/mol. The van der Waals surface area contributed by atoms with Crippen LogP contribution in [-0.2, 0) is 13.0 Å². The second kappa shape index (κ2) is 6.66. The number of nitrogens with two attached hydrogens (primary N) is 1. The fraction of sp³-hybridized carbons (Fsp3) is 0.571. The molecule has 0 aliphatic rings. The van der Waals surface area contributed by atoms with Gasteiger partial charge in [0.2, 0.25) is 0 Å². The number of thiazole rings is 1. The Morgan fingerprint density at radius 1 is 1.42 bits per heavy atom. The first-order chi connectivity index (χ1) is 4.77. The number of nitrogens with zero attached hydrogens (tertiary/aromatic N) is 1. The summed E-state index contributed by atoms with van der Waals surface area (Å²) in [5, 5.41) is 1.19. The Hall–Kier alpha value is 0.170. The van der Waals surface area contributed by atoms with Crippen LogP contribution in [-0.4, -0.2) is 4.98 Å². The van der Waals surface area contributed by atoms with Crippen molar-refractivity contribution in [2.45, 2.75) is 26.8 Å². The summed E-state index contributed by atoms with van der Waals surface area (Å²) in [5.41, 5.74) is 6.59. The van der Waals surface area contributed by atoms with E-state index in [1.807, 2.05) is 6.92 Å². The minimum atomic E-state index is 0. The lowest BCUT2D eigenvalue weighted by Crippen LogP contribution is -1.94. The van der Waals surface area contributed by atoms with Gasteiger partial charge in [-0.15, -0.1) is 36.2 Å². The molecule has 0 unspecified atom stereocenters. The third kappa shape index (κ3) is 3.27. The van der Waals surface area contributed by atoms with Crippen LogP contribution >= 0.6 is 36.2 Å². The van der Waals surface area contributed by atoms with Gasteiger partial charge in [-0.3, -0.25) is 0 Å². The molecule has 1 rings (SSSR count). The van der Waals surface area contributed by atoms with Gasteiger partial charge >= 0.3 is 0 Å². The highest BCUT2D eigenvalue weighted by Crippen LogP contribution is 2.16. The molecule has 0 fully saturated rings. The van der Waals surface area contributed by atoms with E-state index < -0.39 is 0 Å². The minimum absolute atomic E-state index is 0. The van der Waals surface area contributed by atoms with Gasteiger partial charge in [0.1, 0.15) is 0 Å². The Labute approximate surface area is 89.4 Å². The topological polar surface area (TPSA) is 38.9 Å². The van der Waals surface area contributed by atoms with E-state index in [1.54, 1.807) is 11.3 Å². The molecule has 0 aromatic carbocycles. The van der Waals surface area contributed by atoms with Crippen molar-refractivity contribution in [3.05, 3.63) is 15.6 Å². The maximum atomic E-state index is 5.49. The third-order valence-electron chi connectivity index (χ3n) is 1.42. The minimum Gasteiger partial charge on any atom is -0.326 e. The molecule has 2 N–H and O–H groups in total. The van der Waals surface area contributed by atoms with Crippen LogP contribution in [0.2, 0.25) is 0 Å². The van der Waals surface area contributed by atoms with E-state index in [0.29, 0.717) is 6.54 Å². The van der Waals surface area contributed by atoms with Crippen molar-refractivity contribution in [2.75, 3.05) is 0 Å². The summed E-state index contributed by atoms with van der Waals surface area (Å²) in [6.45, 7) is 4.75. The normalized spacial score (nSPS) is 8.58. The summed E-state index contributed by atoms with van der Waals surface area (Å²) >= 11 is 1.72. The molecule has 0 bridgehead atoms. The molecule has 1 aromatic heterocycles. The van der Waals surface area contributed by atoms with Crippen LogP contribution in [0.4, 0.5) is 0 Å². The zero-order valence-corrected chi connectivity index (χ0v) is 9.61. The third-order valence-corrected chi connectivity index (χ3v) is 2.75. The standard InChI is InChI=1S/C7H12N2S.2ClH/c1-3-7-9-5(2)6(4-8)10-7;;/h3-4,8H2,1-2H3;2*1H. The maximum Gasteiger partial charge on any atom is 0.0928 e. The largest absolute Gasteiger partial charge is 0.326 e. The predicted molar refractivity (Wildman–Crippen MR) is 58.6 cm³/mol. The van der Waals surface area contributed by atoms with E-state index in [4.69, 9.17) is 5.73 Å². The van der Waals surface area contributed by atoms with Crippen LogP contribution in [0.3, 0.4) is 0 Å². The molecule has 0 aliphatic heterocycles. The molecule has 72 valence electrons. The fourth-order valence-electron chi connectivity index (χ4n) is 0.829. The average molecular weight is 229 g/mol. The Kier molecular flexibility index (Phi) is 8.15. The zero-order chi connectivity index (χ0) is 7.56. The van der Waals surface area contributed by atoms with Gasteiger partial charge in [0, 0.05) is 11.4 Å². The van der Waals surface area contributed by atoms with E-state index in [9.17, 15) is 0 Å². The number of aryl methyl sites for hydroxylation is 2. The van der Waals surface area contributed by atoms with Gasteiger partial charge in [-0.1, -0.05) is 6.92 Å². The molecule has 5 heteroatoms. The van der Waals surface area contributed by atoms with Crippen LogP contribution in [0.25, 0.3) is 0 Å². The van der Waals surface area contributed by atoms with Crippen LogP contribution < -0.4 is 5.73 Å². The van der Waals surface area contributed by atoms with Gasteiger partial charge in [-0.05, 0) is 13.3 Å². The molecule has 0 radical (unpaired) electrons. The zero-order valence-electron chi connectivity index (χ0n) is 7.16. The molecule has 0 aliphatic carbocycles. The summed E-state index contributed by atoms with van der Waals surface area (Å²) in [6.07, 6.45) is 1.02. The highest BCUT2D eigenvalue weighted by atomic mass is 35.5. The van der Waals surface area contributed by atoms with Gasteiger partial charge in [0.15, 0.2) is 0 Å².